The van der Waals surface area contributed by atoms with E-state index >= 15 is 0 Å². The van der Waals surface area contributed by atoms with E-state index in [1.807, 2.05) is 16.3 Å². The van der Waals surface area contributed by atoms with E-state index in [0.29, 0.717) is 11.3 Å². The van der Waals surface area contributed by atoms with Crippen molar-refractivity contribution >= 4 is 28.8 Å². The fourth-order valence-corrected chi connectivity index (χ4v) is 4.12. The molecule has 1 saturated heterocycles. The lowest BCUT2D eigenvalue weighted by molar-refractivity contribution is 0.0738. The van der Waals surface area contributed by atoms with Gasteiger partial charge in [0.2, 0.25) is 0 Å². The van der Waals surface area contributed by atoms with Gasteiger partial charge in [-0.05, 0) is 60.7 Å². The number of likely N-dealkylation sites (tertiary alicyclic amines) is 1. The predicted octanol–water partition coefficient (Wildman–Crippen LogP) is 4.57. The predicted molar refractivity (Wildman–Crippen MR) is 100 cm³/mol. The molecule has 1 N–H and O–H groups in total. The standard InChI is InChI=1S/C20H18N2O3S/c23-19(17-5-2-12-25-17)21-15-9-7-14(8-10-15)20(24)22-11-1-4-16(22)18-6-3-13-26-18/h2-3,5-10,12-13,16H,1,4,11H2,(H,21,23)/t16-/m1/s1. The van der Waals surface area contributed by atoms with Crippen molar-refractivity contribution in [1.29, 1.82) is 0 Å². The number of nitrogens with zero attached hydrogens (tertiary/aromatic N) is 1. The molecular weight excluding hydrogens is 348 g/mol. The van der Waals surface area contributed by atoms with Gasteiger partial charge in [0.1, 0.15) is 0 Å². The smallest absolute Gasteiger partial charge is 0.291 e. The summed E-state index contributed by atoms with van der Waals surface area (Å²) in [6.45, 7) is 0.776. The Bertz CT molecular complexity index is 886. The van der Waals surface area contributed by atoms with Gasteiger partial charge in [0.25, 0.3) is 11.8 Å². The number of anilines is 1. The average molecular weight is 366 g/mol. The topological polar surface area (TPSA) is 62.6 Å². The number of carbonyl (C=O) groups excluding carboxylic acids is 2. The molecule has 132 valence electrons. The Morgan fingerprint density at radius 3 is 2.65 bits per heavy atom. The zero-order valence-electron chi connectivity index (χ0n) is 14.1. The monoisotopic (exact) mass is 366 g/mol. The Labute approximate surface area is 155 Å². The first-order valence-corrected chi connectivity index (χ1v) is 9.39. The first-order chi connectivity index (χ1) is 12.7. The van der Waals surface area contributed by atoms with Crippen LogP contribution >= 0.6 is 11.3 Å². The summed E-state index contributed by atoms with van der Waals surface area (Å²) in [5, 5.41) is 4.80. The highest BCUT2D eigenvalue weighted by atomic mass is 32.1. The lowest BCUT2D eigenvalue weighted by Gasteiger charge is -2.24. The van der Waals surface area contributed by atoms with Crippen molar-refractivity contribution < 1.29 is 14.0 Å². The summed E-state index contributed by atoms with van der Waals surface area (Å²) in [6, 6.07) is 14.5. The highest BCUT2D eigenvalue weighted by Crippen LogP contribution is 2.35. The number of carbonyl (C=O) groups is 2. The van der Waals surface area contributed by atoms with Crippen LogP contribution in [0.1, 0.15) is 44.7 Å². The molecule has 26 heavy (non-hydrogen) atoms. The molecule has 0 aliphatic carbocycles. The summed E-state index contributed by atoms with van der Waals surface area (Å²) in [5.41, 5.74) is 1.25. The molecule has 0 bridgehead atoms. The maximum Gasteiger partial charge on any atom is 0.291 e. The Balaban J connectivity index is 1.46. The van der Waals surface area contributed by atoms with Gasteiger partial charge < -0.3 is 14.6 Å². The molecule has 1 atom stereocenters. The summed E-state index contributed by atoms with van der Waals surface area (Å²) in [5.74, 6) is -0.0304. The number of benzene rings is 1. The Morgan fingerprint density at radius 2 is 1.96 bits per heavy atom. The van der Waals surface area contributed by atoms with Crippen LogP contribution in [-0.2, 0) is 0 Å². The van der Waals surface area contributed by atoms with Gasteiger partial charge in [-0.15, -0.1) is 11.3 Å². The third kappa shape index (κ3) is 3.28. The van der Waals surface area contributed by atoms with Crippen LogP contribution in [0.25, 0.3) is 0 Å². The van der Waals surface area contributed by atoms with E-state index in [9.17, 15) is 9.59 Å². The lowest BCUT2D eigenvalue weighted by Crippen LogP contribution is -2.30. The van der Waals surface area contributed by atoms with Crippen molar-refractivity contribution in [3.05, 3.63) is 76.4 Å². The Morgan fingerprint density at radius 1 is 1.12 bits per heavy atom. The van der Waals surface area contributed by atoms with Crippen LogP contribution in [0.15, 0.2) is 64.6 Å². The third-order valence-electron chi connectivity index (χ3n) is 4.52. The molecule has 1 fully saturated rings. The number of amides is 2. The van der Waals surface area contributed by atoms with Crippen LogP contribution in [0, 0.1) is 0 Å². The van der Waals surface area contributed by atoms with E-state index in [0.717, 1.165) is 19.4 Å². The van der Waals surface area contributed by atoms with Crippen LogP contribution < -0.4 is 5.32 Å². The molecule has 0 radical (unpaired) electrons. The van der Waals surface area contributed by atoms with Gasteiger partial charge in [-0.1, -0.05) is 6.07 Å². The maximum atomic E-state index is 12.9. The number of thiophene rings is 1. The molecule has 2 aromatic heterocycles. The molecule has 5 nitrogen and oxygen atoms in total. The summed E-state index contributed by atoms with van der Waals surface area (Å²) >= 11 is 1.69. The number of rotatable bonds is 4. The largest absolute Gasteiger partial charge is 0.459 e. The minimum absolute atomic E-state index is 0.0322. The van der Waals surface area contributed by atoms with Gasteiger partial charge in [0, 0.05) is 22.7 Å². The minimum Gasteiger partial charge on any atom is -0.459 e. The van der Waals surface area contributed by atoms with E-state index in [2.05, 4.69) is 11.4 Å². The van der Waals surface area contributed by atoms with Crippen molar-refractivity contribution in [2.24, 2.45) is 0 Å². The summed E-state index contributed by atoms with van der Waals surface area (Å²) in [7, 11) is 0. The zero-order valence-corrected chi connectivity index (χ0v) is 14.9. The van der Waals surface area contributed by atoms with Crippen molar-refractivity contribution in [1.82, 2.24) is 4.90 Å². The van der Waals surface area contributed by atoms with Crippen LogP contribution in [0.3, 0.4) is 0 Å². The van der Waals surface area contributed by atoms with Crippen LogP contribution in [0.4, 0.5) is 5.69 Å². The fourth-order valence-electron chi connectivity index (χ4n) is 3.25. The highest BCUT2D eigenvalue weighted by molar-refractivity contribution is 7.10. The molecule has 3 aromatic rings. The van der Waals surface area contributed by atoms with Crippen molar-refractivity contribution in [2.75, 3.05) is 11.9 Å². The second-order valence-electron chi connectivity index (χ2n) is 6.18. The van der Waals surface area contributed by atoms with Gasteiger partial charge in [0.15, 0.2) is 5.76 Å². The van der Waals surface area contributed by atoms with Crippen LogP contribution in [0.5, 0.6) is 0 Å². The van der Waals surface area contributed by atoms with Gasteiger partial charge in [-0.3, -0.25) is 9.59 Å². The molecule has 0 saturated carbocycles. The molecule has 6 heteroatoms. The Kier molecular flexibility index (Phi) is 4.58. The number of furan rings is 1. The SMILES string of the molecule is O=C(Nc1ccc(C(=O)N2CCC[C@@H]2c2cccs2)cc1)c1ccco1. The first kappa shape index (κ1) is 16.6. The first-order valence-electron chi connectivity index (χ1n) is 8.51. The molecule has 1 aromatic carbocycles. The average Bonchev–Trinajstić information content (AvgIpc) is 3.43. The van der Waals surface area contributed by atoms with Crippen molar-refractivity contribution in [3.63, 3.8) is 0 Å². The van der Waals surface area contributed by atoms with Gasteiger partial charge in [0.05, 0.1) is 12.3 Å². The second kappa shape index (κ2) is 7.17. The van der Waals surface area contributed by atoms with Crippen molar-refractivity contribution in [3.8, 4) is 0 Å². The highest BCUT2D eigenvalue weighted by Gasteiger charge is 2.31. The third-order valence-corrected chi connectivity index (χ3v) is 5.49. The molecule has 0 unspecified atom stereocenters. The van der Waals surface area contributed by atoms with Crippen LogP contribution in [0.2, 0.25) is 0 Å². The van der Waals surface area contributed by atoms with Gasteiger partial charge >= 0.3 is 0 Å². The van der Waals surface area contributed by atoms with E-state index in [-0.39, 0.29) is 23.6 Å². The summed E-state index contributed by atoms with van der Waals surface area (Å²) in [6.07, 6.45) is 3.48. The van der Waals surface area contributed by atoms with Gasteiger partial charge in [-0.25, -0.2) is 0 Å². The Hall–Kier alpha value is -2.86. The quantitative estimate of drug-likeness (QED) is 0.736. The molecule has 0 spiro atoms. The molecular formula is C20H18N2O3S. The number of hydrogen-bond donors (Lipinski definition) is 1. The van der Waals surface area contributed by atoms with E-state index < -0.39 is 0 Å². The van der Waals surface area contributed by atoms with E-state index in [1.54, 1.807) is 47.7 Å². The lowest BCUT2D eigenvalue weighted by atomic mass is 10.1. The maximum absolute atomic E-state index is 12.9. The molecule has 1 aliphatic heterocycles. The molecule has 4 rings (SSSR count). The zero-order chi connectivity index (χ0) is 17.9. The molecule has 1 aliphatic rings. The second-order valence-corrected chi connectivity index (χ2v) is 7.16. The normalized spacial score (nSPS) is 16.6. The van der Waals surface area contributed by atoms with Crippen LogP contribution in [-0.4, -0.2) is 23.3 Å². The van der Waals surface area contributed by atoms with E-state index in [4.69, 9.17) is 4.42 Å². The summed E-state index contributed by atoms with van der Waals surface area (Å²) in [4.78, 5) is 28.1. The minimum atomic E-state index is -0.314. The summed E-state index contributed by atoms with van der Waals surface area (Å²) < 4.78 is 5.07. The fraction of sp³-hybridized carbons (Fsp3) is 0.200. The number of nitrogens with one attached hydrogen (secondary N) is 1. The number of hydrogen-bond acceptors (Lipinski definition) is 4. The van der Waals surface area contributed by atoms with Gasteiger partial charge in [-0.2, -0.15) is 0 Å². The molecule has 2 amide bonds. The molecule has 3 heterocycles. The van der Waals surface area contributed by atoms with Crippen molar-refractivity contribution in [2.45, 2.75) is 18.9 Å². The van der Waals surface area contributed by atoms with E-state index in [1.165, 1.54) is 11.1 Å².